The average molecular weight is 232 g/mol. The number of hydrogen-bond donors (Lipinski definition) is 1. The van der Waals surface area contributed by atoms with E-state index in [1.165, 1.54) is 36.9 Å². The molecule has 1 aromatic rings. The minimum atomic E-state index is 0.739. The van der Waals surface area contributed by atoms with Crippen molar-refractivity contribution in [2.24, 2.45) is 5.73 Å². The summed E-state index contributed by atoms with van der Waals surface area (Å²) < 4.78 is 0. The van der Waals surface area contributed by atoms with Crippen LogP contribution in [0.25, 0.3) is 0 Å². The van der Waals surface area contributed by atoms with Crippen LogP contribution in [-0.2, 0) is 13.0 Å². The molecule has 1 aliphatic heterocycles. The van der Waals surface area contributed by atoms with Crippen molar-refractivity contribution in [3.05, 3.63) is 35.4 Å². The molecular formula is C15H24N2. The fourth-order valence-electron chi connectivity index (χ4n) is 2.78. The smallest absolute Gasteiger partial charge is 0.0236 e. The second kappa shape index (κ2) is 6.18. The fraction of sp³-hybridized carbons (Fsp3) is 0.600. The van der Waals surface area contributed by atoms with E-state index in [2.05, 4.69) is 36.1 Å². The molecule has 0 saturated carbocycles. The largest absolute Gasteiger partial charge is 0.330 e. The van der Waals surface area contributed by atoms with Crippen LogP contribution in [0.3, 0.4) is 0 Å². The SMILES string of the molecule is CCC1CCCN1Cc1ccc(CCN)cc1. The summed E-state index contributed by atoms with van der Waals surface area (Å²) in [6.07, 6.45) is 5.01. The van der Waals surface area contributed by atoms with Gasteiger partial charge in [-0.05, 0) is 49.9 Å². The molecule has 0 spiro atoms. The molecule has 1 atom stereocenters. The summed E-state index contributed by atoms with van der Waals surface area (Å²) in [7, 11) is 0. The molecule has 0 aromatic heterocycles. The molecule has 2 nitrogen and oxygen atoms in total. The van der Waals surface area contributed by atoms with E-state index in [0.717, 1.165) is 25.6 Å². The van der Waals surface area contributed by atoms with Crippen molar-refractivity contribution < 1.29 is 0 Å². The van der Waals surface area contributed by atoms with Crippen LogP contribution in [0, 0.1) is 0 Å². The summed E-state index contributed by atoms with van der Waals surface area (Å²) >= 11 is 0. The molecule has 2 rings (SSSR count). The minimum absolute atomic E-state index is 0.739. The monoisotopic (exact) mass is 232 g/mol. The van der Waals surface area contributed by atoms with Gasteiger partial charge in [0.15, 0.2) is 0 Å². The highest BCUT2D eigenvalue weighted by Crippen LogP contribution is 2.22. The summed E-state index contributed by atoms with van der Waals surface area (Å²) in [6.45, 7) is 5.42. The highest BCUT2D eigenvalue weighted by atomic mass is 15.2. The van der Waals surface area contributed by atoms with E-state index in [4.69, 9.17) is 5.73 Å². The third kappa shape index (κ3) is 3.30. The molecular weight excluding hydrogens is 208 g/mol. The maximum absolute atomic E-state index is 5.56. The van der Waals surface area contributed by atoms with Gasteiger partial charge in [0.1, 0.15) is 0 Å². The average Bonchev–Trinajstić information content (AvgIpc) is 2.79. The maximum atomic E-state index is 5.56. The molecule has 1 heterocycles. The van der Waals surface area contributed by atoms with Gasteiger partial charge in [0, 0.05) is 12.6 Å². The van der Waals surface area contributed by atoms with Crippen LogP contribution >= 0.6 is 0 Å². The van der Waals surface area contributed by atoms with Crippen molar-refractivity contribution in [2.45, 2.75) is 45.2 Å². The van der Waals surface area contributed by atoms with E-state index in [1.807, 2.05) is 0 Å². The van der Waals surface area contributed by atoms with Gasteiger partial charge >= 0.3 is 0 Å². The van der Waals surface area contributed by atoms with Gasteiger partial charge in [0.05, 0.1) is 0 Å². The normalized spacial score (nSPS) is 20.9. The first-order valence-electron chi connectivity index (χ1n) is 6.85. The Kier molecular flexibility index (Phi) is 4.57. The van der Waals surface area contributed by atoms with Gasteiger partial charge in [-0.25, -0.2) is 0 Å². The van der Waals surface area contributed by atoms with Crippen molar-refractivity contribution in [2.75, 3.05) is 13.1 Å². The Morgan fingerprint density at radius 3 is 2.59 bits per heavy atom. The van der Waals surface area contributed by atoms with Crippen LogP contribution in [0.15, 0.2) is 24.3 Å². The van der Waals surface area contributed by atoms with E-state index < -0.39 is 0 Å². The Morgan fingerprint density at radius 2 is 1.94 bits per heavy atom. The Labute approximate surface area is 105 Å². The first-order chi connectivity index (χ1) is 8.33. The third-order valence-corrected chi connectivity index (χ3v) is 3.81. The lowest BCUT2D eigenvalue weighted by Gasteiger charge is -2.23. The summed E-state index contributed by atoms with van der Waals surface area (Å²) in [5.41, 5.74) is 8.35. The van der Waals surface area contributed by atoms with Crippen molar-refractivity contribution in [1.82, 2.24) is 4.90 Å². The number of hydrogen-bond acceptors (Lipinski definition) is 2. The topological polar surface area (TPSA) is 29.3 Å². The van der Waals surface area contributed by atoms with Gasteiger partial charge in [0.2, 0.25) is 0 Å². The molecule has 1 unspecified atom stereocenters. The molecule has 2 heteroatoms. The Morgan fingerprint density at radius 1 is 1.24 bits per heavy atom. The summed E-state index contributed by atoms with van der Waals surface area (Å²) in [5, 5.41) is 0. The molecule has 2 N–H and O–H groups in total. The van der Waals surface area contributed by atoms with Crippen molar-refractivity contribution in [3.63, 3.8) is 0 Å². The molecule has 0 radical (unpaired) electrons. The van der Waals surface area contributed by atoms with Crippen molar-refractivity contribution in [3.8, 4) is 0 Å². The lowest BCUT2D eigenvalue weighted by atomic mass is 10.1. The summed E-state index contributed by atoms with van der Waals surface area (Å²) in [6, 6.07) is 9.77. The molecule has 0 amide bonds. The van der Waals surface area contributed by atoms with Crippen LogP contribution in [-0.4, -0.2) is 24.0 Å². The standard InChI is InChI=1S/C15H24N2/c1-2-15-4-3-11-17(15)12-14-7-5-13(6-8-14)9-10-16/h5-8,15H,2-4,9-12,16H2,1H3. The third-order valence-electron chi connectivity index (χ3n) is 3.81. The molecule has 17 heavy (non-hydrogen) atoms. The second-order valence-corrected chi connectivity index (χ2v) is 5.03. The Hall–Kier alpha value is -0.860. The molecule has 1 saturated heterocycles. The predicted octanol–water partition coefficient (Wildman–Crippen LogP) is 2.56. The zero-order chi connectivity index (χ0) is 12.1. The van der Waals surface area contributed by atoms with E-state index in [9.17, 15) is 0 Å². The van der Waals surface area contributed by atoms with Crippen molar-refractivity contribution in [1.29, 1.82) is 0 Å². The van der Waals surface area contributed by atoms with Gasteiger partial charge in [-0.3, -0.25) is 4.90 Å². The van der Waals surface area contributed by atoms with Crippen LogP contribution in [0.5, 0.6) is 0 Å². The second-order valence-electron chi connectivity index (χ2n) is 5.03. The number of benzene rings is 1. The molecule has 1 aliphatic rings. The van der Waals surface area contributed by atoms with E-state index >= 15 is 0 Å². The number of rotatable bonds is 5. The quantitative estimate of drug-likeness (QED) is 0.845. The predicted molar refractivity (Wildman–Crippen MR) is 72.9 cm³/mol. The van der Waals surface area contributed by atoms with Crippen LogP contribution < -0.4 is 5.73 Å². The molecule has 0 aliphatic carbocycles. The Balaban J connectivity index is 1.94. The molecule has 1 aromatic carbocycles. The van der Waals surface area contributed by atoms with Crippen LogP contribution in [0.1, 0.15) is 37.3 Å². The van der Waals surface area contributed by atoms with Gasteiger partial charge in [0.25, 0.3) is 0 Å². The number of nitrogens with zero attached hydrogens (tertiary/aromatic N) is 1. The maximum Gasteiger partial charge on any atom is 0.0236 e. The first-order valence-corrected chi connectivity index (χ1v) is 6.85. The minimum Gasteiger partial charge on any atom is -0.330 e. The van der Waals surface area contributed by atoms with Gasteiger partial charge in [-0.15, -0.1) is 0 Å². The highest BCUT2D eigenvalue weighted by molar-refractivity contribution is 5.22. The molecule has 1 fully saturated rings. The van der Waals surface area contributed by atoms with E-state index in [0.29, 0.717) is 0 Å². The van der Waals surface area contributed by atoms with Crippen LogP contribution in [0.2, 0.25) is 0 Å². The zero-order valence-corrected chi connectivity index (χ0v) is 10.9. The lowest BCUT2D eigenvalue weighted by Crippen LogP contribution is -2.28. The summed E-state index contributed by atoms with van der Waals surface area (Å²) in [4.78, 5) is 2.62. The number of nitrogens with two attached hydrogens (primary N) is 1. The summed E-state index contributed by atoms with van der Waals surface area (Å²) in [5.74, 6) is 0. The first kappa shape index (κ1) is 12.6. The Bertz CT molecular complexity index is 331. The van der Waals surface area contributed by atoms with Crippen LogP contribution in [0.4, 0.5) is 0 Å². The van der Waals surface area contributed by atoms with Gasteiger partial charge in [-0.2, -0.15) is 0 Å². The molecule has 94 valence electrons. The van der Waals surface area contributed by atoms with Crippen molar-refractivity contribution >= 4 is 0 Å². The van der Waals surface area contributed by atoms with E-state index in [1.54, 1.807) is 0 Å². The number of likely N-dealkylation sites (tertiary alicyclic amines) is 1. The fourth-order valence-corrected chi connectivity index (χ4v) is 2.78. The van der Waals surface area contributed by atoms with Gasteiger partial charge < -0.3 is 5.73 Å². The lowest BCUT2D eigenvalue weighted by molar-refractivity contribution is 0.240. The van der Waals surface area contributed by atoms with E-state index in [-0.39, 0.29) is 0 Å². The molecule has 0 bridgehead atoms. The van der Waals surface area contributed by atoms with Gasteiger partial charge in [-0.1, -0.05) is 31.2 Å². The highest BCUT2D eigenvalue weighted by Gasteiger charge is 2.22. The zero-order valence-electron chi connectivity index (χ0n) is 10.9.